The second-order valence-electron chi connectivity index (χ2n) is 6.59. The van der Waals surface area contributed by atoms with Crippen molar-refractivity contribution in [3.8, 4) is 0 Å². The molecule has 2 atom stereocenters. The number of hydrogen-bond acceptors (Lipinski definition) is 4. The number of sulfonamides is 1. The summed E-state index contributed by atoms with van der Waals surface area (Å²) in [4.78, 5) is 16.7. The zero-order valence-electron chi connectivity index (χ0n) is 13.2. The summed E-state index contributed by atoms with van der Waals surface area (Å²) >= 11 is 0. The fraction of sp³-hybridized carbons (Fsp3) is 0.929. The smallest absolute Gasteiger partial charge is 0.317 e. The fourth-order valence-electron chi connectivity index (χ4n) is 3.89. The number of fused-ring (bicyclic) bond motifs is 1. The van der Waals surface area contributed by atoms with Gasteiger partial charge in [-0.05, 0) is 25.8 Å². The number of urea groups is 1. The molecule has 0 saturated carbocycles. The molecule has 3 saturated heterocycles. The molecule has 126 valence electrons. The van der Waals surface area contributed by atoms with Gasteiger partial charge in [0, 0.05) is 44.8 Å². The van der Waals surface area contributed by atoms with Crippen molar-refractivity contribution in [2.45, 2.75) is 37.8 Å². The summed E-state index contributed by atoms with van der Waals surface area (Å²) in [5, 5.41) is 3.18. The summed E-state index contributed by atoms with van der Waals surface area (Å²) < 4.78 is 24.4. The molecule has 0 spiro atoms. The molecule has 0 aromatic heterocycles. The summed E-state index contributed by atoms with van der Waals surface area (Å²) in [6, 6.07) is 0.710. The van der Waals surface area contributed by atoms with Gasteiger partial charge in [0.2, 0.25) is 10.0 Å². The summed E-state index contributed by atoms with van der Waals surface area (Å²) in [6.07, 6.45) is 5.94. The molecular formula is C14H26N4O3S. The molecule has 0 aromatic rings. The van der Waals surface area contributed by atoms with Crippen LogP contribution >= 0.6 is 0 Å². The van der Waals surface area contributed by atoms with Crippen molar-refractivity contribution in [3.63, 3.8) is 0 Å². The Morgan fingerprint density at radius 1 is 1.00 bits per heavy atom. The van der Waals surface area contributed by atoms with Gasteiger partial charge in [0.25, 0.3) is 0 Å². The normalized spacial score (nSPS) is 31.0. The molecule has 22 heavy (non-hydrogen) atoms. The van der Waals surface area contributed by atoms with Crippen molar-refractivity contribution in [2.24, 2.45) is 0 Å². The maximum Gasteiger partial charge on any atom is 0.317 e. The molecule has 3 aliphatic heterocycles. The highest BCUT2D eigenvalue weighted by molar-refractivity contribution is 7.88. The van der Waals surface area contributed by atoms with E-state index in [2.05, 4.69) is 10.2 Å². The number of carbonyl (C=O) groups excluding carboxylic acids is 1. The first-order valence-corrected chi connectivity index (χ1v) is 10.0. The third kappa shape index (κ3) is 3.38. The molecule has 3 rings (SSSR count). The molecule has 2 amide bonds. The molecule has 0 radical (unpaired) electrons. The van der Waals surface area contributed by atoms with E-state index in [-0.39, 0.29) is 12.1 Å². The highest BCUT2D eigenvalue weighted by Crippen LogP contribution is 2.27. The van der Waals surface area contributed by atoms with Gasteiger partial charge in [-0.3, -0.25) is 4.90 Å². The van der Waals surface area contributed by atoms with Gasteiger partial charge < -0.3 is 10.2 Å². The van der Waals surface area contributed by atoms with Gasteiger partial charge in [-0.1, -0.05) is 6.42 Å². The van der Waals surface area contributed by atoms with Crippen LogP contribution in [0.4, 0.5) is 4.79 Å². The van der Waals surface area contributed by atoms with Gasteiger partial charge in [0.1, 0.15) is 0 Å². The lowest BCUT2D eigenvalue weighted by Gasteiger charge is -2.36. The van der Waals surface area contributed by atoms with Crippen molar-refractivity contribution in [1.82, 2.24) is 19.4 Å². The van der Waals surface area contributed by atoms with Crippen LogP contribution in [0.1, 0.15) is 25.7 Å². The van der Waals surface area contributed by atoms with E-state index in [1.165, 1.54) is 29.8 Å². The maximum atomic E-state index is 12.4. The fourth-order valence-corrected chi connectivity index (χ4v) is 4.72. The van der Waals surface area contributed by atoms with Gasteiger partial charge in [-0.2, -0.15) is 4.31 Å². The molecule has 2 unspecified atom stereocenters. The number of rotatable bonds is 2. The van der Waals surface area contributed by atoms with Gasteiger partial charge >= 0.3 is 6.03 Å². The number of nitrogens with zero attached hydrogens (tertiary/aromatic N) is 3. The predicted octanol–water partition coefficient (Wildman–Crippen LogP) is -0.1000. The molecule has 3 heterocycles. The summed E-state index contributed by atoms with van der Waals surface area (Å²) in [7, 11) is -3.14. The van der Waals surface area contributed by atoms with Crippen LogP contribution in [-0.2, 0) is 10.0 Å². The standard InChI is InChI=1S/C14H26N4O3S/c1-22(20,21)18-10-8-17(9-11-18)14(19)15-12-5-7-16-6-3-2-4-13(12)16/h12-13H,2-11H2,1H3,(H,15,19). The Labute approximate surface area is 132 Å². The monoisotopic (exact) mass is 330 g/mol. The van der Waals surface area contributed by atoms with E-state index in [1.807, 2.05) is 0 Å². The van der Waals surface area contributed by atoms with E-state index in [9.17, 15) is 13.2 Å². The molecule has 0 aliphatic carbocycles. The summed E-state index contributed by atoms with van der Waals surface area (Å²) in [5.41, 5.74) is 0. The van der Waals surface area contributed by atoms with E-state index < -0.39 is 10.0 Å². The van der Waals surface area contributed by atoms with E-state index in [1.54, 1.807) is 4.90 Å². The zero-order chi connectivity index (χ0) is 15.7. The lowest BCUT2D eigenvalue weighted by molar-refractivity contribution is 0.155. The molecule has 0 bridgehead atoms. The van der Waals surface area contributed by atoms with Gasteiger partial charge in [0.15, 0.2) is 0 Å². The van der Waals surface area contributed by atoms with Gasteiger partial charge in [-0.25, -0.2) is 13.2 Å². The van der Waals surface area contributed by atoms with Crippen molar-refractivity contribution >= 4 is 16.1 Å². The number of piperidine rings is 1. The van der Waals surface area contributed by atoms with Crippen molar-refractivity contribution in [1.29, 1.82) is 0 Å². The largest absolute Gasteiger partial charge is 0.334 e. The highest BCUT2D eigenvalue weighted by atomic mass is 32.2. The topological polar surface area (TPSA) is 73.0 Å². The average molecular weight is 330 g/mol. The number of piperazine rings is 1. The molecule has 1 N–H and O–H groups in total. The second kappa shape index (κ2) is 6.33. The Morgan fingerprint density at radius 3 is 2.41 bits per heavy atom. The Balaban J connectivity index is 1.51. The SMILES string of the molecule is CS(=O)(=O)N1CCN(C(=O)NC2CCN3CCCCC23)CC1. The van der Waals surface area contributed by atoms with Crippen LogP contribution in [0.3, 0.4) is 0 Å². The molecule has 7 nitrogen and oxygen atoms in total. The summed E-state index contributed by atoms with van der Waals surface area (Å²) in [6.45, 7) is 3.97. The Hall–Kier alpha value is -0.860. The quantitative estimate of drug-likeness (QED) is 0.767. The minimum absolute atomic E-state index is 0.0365. The predicted molar refractivity (Wildman–Crippen MR) is 84.1 cm³/mol. The first kappa shape index (κ1) is 16.0. The number of nitrogens with one attached hydrogen (secondary N) is 1. The van der Waals surface area contributed by atoms with Crippen LogP contribution in [0.15, 0.2) is 0 Å². The van der Waals surface area contributed by atoms with Crippen LogP contribution in [-0.4, -0.2) is 86.2 Å². The third-order valence-corrected chi connectivity index (χ3v) is 6.46. The molecule has 3 aliphatic rings. The minimum Gasteiger partial charge on any atom is -0.334 e. The highest BCUT2D eigenvalue weighted by Gasteiger charge is 2.37. The lowest BCUT2D eigenvalue weighted by Crippen LogP contribution is -2.56. The van der Waals surface area contributed by atoms with E-state index in [0.717, 1.165) is 19.5 Å². The Morgan fingerprint density at radius 2 is 1.73 bits per heavy atom. The Bertz CT molecular complexity index is 516. The molecule has 0 aromatic carbocycles. The number of hydrogen-bond donors (Lipinski definition) is 1. The molecular weight excluding hydrogens is 304 g/mol. The number of carbonyl (C=O) groups is 1. The first-order chi connectivity index (χ1) is 10.4. The van der Waals surface area contributed by atoms with Crippen LogP contribution in [0.2, 0.25) is 0 Å². The molecule has 3 fully saturated rings. The molecule has 8 heteroatoms. The van der Waals surface area contributed by atoms with Crippen LogP contribution in [0.5, 0.6) is 0 Å². The van der Waals surface area contributed by atoms with E-state index in [4.69, 9.17) is 0 Å². The average Bonchev–Trinajstić information content (AvgIpc) is 2.90. The van der Waals surface area contributed by atoms with Crippen LogP contribution in [0, 0.1) is 0 Å². The van der Waals surface area contributed by atoms with Crippen LogP contribution in [0.25, 0.3) is 0 Å². The van der Waals surface area contributed by atoms with E-state index >= 15 is 0 Å². The van der Waals surface area contributed by atoms with Crippen LogP contribution < -0.4 is 5.32 Å². The minimum atomic E-state index is -3.14. The van der Waals surface area contributed by atoms with Crippen molar-refractivity contribution < 1.29 is 13.2 Å². The van der Waals surface area contributed by atoms with E-state index in [0.29, 0.717) is 32.2 Å². The van der Waals surface area contributed by atoms with Gasteiger partial charge in [0.05, 0.1) is 6.26 Å². The lowest BCUT2D eigenvalue weighted by atomic mass is 9.99. The maximum absolute atomic E-state index is 12.4. The van der Waals surface area contributed by atoms with Crippen molar-refractivity contribution in [2.75, 3.05) is 45.5 Å². The second-order valence-corrected chi connectivity index (χ2v) is 8.58. The Kier molecular flexibility index (Phi) is 4.61. The summed E-state index contributed by atoms with van der Waals surface area (Å²) in [5.74, 6) is 0. The first-order valence-electron chi connectivity index (χ1n) is 8.20. The van der Waals surface area contributed by atoms with Gasteiger partial charge in [-0.15, -0.1) is 0 Å². The van der Waals surface area contributed by atoms with Crippen molar-refractivity contribution in [3.05, 3.63) is 0 Å². The zero-order valence-corrected chi connectivity index (χ0v) is 14.0. The third-order valence-electron chi connectivity index (χ3n) is 5.16. The number of amides is 2.